The van der Waals surface area contributed by atoms with Crippen molar-refractivity contribution in [1.82, 2.24) is 15.5 Å². The Morgan fingerprint density at radius 2 is 1.70 bits per heavy atom. The van der Waals surface area contributed by atoms with Gasteiger partial charge in [-0.3, -0.25) is 0 Å². The van der Waals surface area contributed by atoms with Gasteiger partial charge in [-0.2, -0.15) is 4.98 Å². The van der Waals surface area contributed by atoms with E-state index in [1.807, 2.05) is 0 Å². The lowest BCUT2D eigenvalue weighted by molar-refractivity contribution is 0.345. The molecule has 1 aliphatic rings. The zero-order valence-corrected chi connectivity index (χ0v) is 17.4. The molecule has 2 aromatic rings. The summed E-state index contributed by atoms with van der Waals surface area (Å²) in [6.07, 6.45) is 14.4. The van der Waals surface area contributed by atoms with Gasteiger partial charge in [-0.15, -0.1) is 12.4 Å². The van der Waals surface area contributed by atoms with E-state index in [4.69, 9.17) is 4.52 Å². The first kappa shape index (κ1) is 21.9. The second-order valence-corrected chi connectivity index (χ2v) is 7.53. The number of aryl methyl sites for hydroxylation is 1. The Bertz CT molecular complexity index is 635. The minimum atomic E-state index is 0. The van der Waals surface area contributed by atoms with Gasteiger partial charge in [0, 0.05) is 5.56 Å². The van der Waals surface area contributed by atoms with Gasteiger partial charge in [0.25, 0.3) is 0 Å². The van der Waals surface area contributed by atoms with Crippen molar-refractivity contribution >= 4 is 12.4 Å². The third-order valence-corrected chi connectivity index (χ3v) is 5.33. The molecule has 150 valence electrons. The Kier molecular flexibility index (Phi) is 9.85. The first-order valence-electron chi connectivity index (χ1n) is 10.5. The fraction of sp³-hybridized carbons (Fsp3) is 0.636. The van der Waals surface area contributed by atoms with Crippen LogP contribution >= 0.6 is 12.4 Å². The third kappa shape index (κ3) is 6.93. The van der Waals surface area contributed by atoms with Crippen molar-refractivity contribution in [3.8, 4) is 11.4 Å². The zero-order valence-electron chi connectivity index (χ0n) is 16.6. The van der Waals surface area contributed by atoms with Crippen LogP contribution in [0.2, 0.25) is 0 Å². The SMILES string of the molecule is CCCCCCCCCCc1ccc(-c2noc([C@@H]3CCCN3)n2)cc1.Cl. The Morgan fingerprint density at radius 1 is 1.00 bits per heavy atom. The van der Waals surface area contributed by atoms with Crippen LogP contribution in [0.5, 0.6) is 0 Å². The molecule has 0 unspecified atom stereocenters. The summed E-state index contributed by atoms with van der Waals surface area (Å²) in [6, 6.07) is 8.89. The van der Waals surface area contributed by atoms with E-state index in [9.17, 15) is 0 Å². The number of nitrogens with zero attached hydrogens (tertiary/aromatic N) is 2. The van der Waals surface area contributed by atoms with Crippen LogP contribution in [0.1, 0.15) is 88.6 Å². The molecule has 0 spiro atoms. The predicted molar refractivity (Wildman–Crippen MR) is 113 cm³/mol. The summed E-state index contributed by atoms with van der Waals surface area (Å²) in [5, 5.41) is 7.55. The molecule has 0 bridgehead atoms. The lowest BCUT2D eigenvalue weighted by Gasteiger charge is -2.03. The van der Waals surface area contributed by atoms with Crippen LogP contribution in [0.15, 0.2) is 28.8 Å². The van der Waals surface area contributed by atoms with E-state index < -0.39 is 0 Å². The summed E-state index contributed by atoms with van der Waals surface area (Å²) in [5.74, 6) is 1.42. The van der Waals surface area contributed by atoms with E-state index in [1.54, 1.807) is 0 Å². The van der Waals surface area contributed by atoms with Gasteiger partial charge < -0.3 is 9.84 Å². The van der Waals surface area contributed by atoms with Crippen LogP contribution < -0.4 is 5.32 Å². The summed E-state index contributed by atoms with van der Waals surface area (Å²) in [4.78, 5) is 4.57. The van der Waals surface area contributed by atoms with Crippen molar-refractivity contribution in [1.29, 1.82) is 0 Å². The van der Waals surface area contributed by atoms with E-state index in [0.29, 0.717) is 5.82 Å². The van der Waals surface area contributed by atoms with E-state index in [2.05, 4.69) is 46.6 Å². The summed E-state index contributed by atoms with van der Waals surface area (Å²) in [5.41, 5.74) is 2.44. The molecule has 4 nitrogen and oxygen atoms in total. The van der Waals surface area contributed by atoms with Crippen LogP contribution in [0.4, 0.5) is 0 Å². The second kappa shape index (κ2) is 12.1. The molecule has 0 radical (unpaired) electrons. The molecule has 0 saturated carbocycles. The quantitative estimate of drug-likeness (QED) is 0.459. The van der Waals surface area contributed by atoms with Gasteiger partial charge >= 0.3 is 0 Å². The van der Waals surface area contributed by atoms with Crippen LogP contribution in [0, 0.1) is 0 Å². The normalized spacial score (nSPS) is 16.4. The number of unbranched alkanes of at least 4 members (excludes halogenated alkanes) is 7. The largest absolute Gasteiger partial charge is 0.337 e. The van der Waals surface area contributed by atoms with Crippen molar-refractivity contribution in [3.63, 3.8) is 0 Å². The molecule has 2 heterocycles. The van der Waals surface area contributed by atoms with Gasteiger partial charge in [0.1, 0.15) is 0 Å². The number of benzene rings is 1. The number of halogens is 1. The summed E-state index contributed by atoms with van der Waals surface area (Å²) in [6.45, 7) is 3.31. The summed E-state index contributed by atoms with van der Waals surface area (Å²) >= 11 is 0. The average Bonchev–Trinajstić information content (AvgIpc) is 3.36. The number of aromatic nitrogens is 2. The number of hydrogen-bond donors (Lipinski definition) is 1. The highest BCUT2D eigenvalue weighted by molar-refractivity contribution is 5.85. The lowest BCUT2D eigenvalue weighted by Crippen LogP contribution is -2.12. The van der Waals surface area contributed by atoms with Crippen molar-refractivity contribution in [2.45, 2.75) is 83.6 Å². The molecule has 1 aliphatic heterocycles. The van der Waals surface area contributed by atoms with Crippen molar-refractivity contribution in [2.75, 3.05) is 6.54 Å². The minimum absolute atomic E-state index is 0. The smallest absolute Gasteiger partial charge is 0.244 e. The first-order valence-corrected chi connectivity index (χ1v) is 10.5. The zero-order chi connectivity index (χ0) is 18.0. The standard InChI is InChI=1S/C22H33N3O.ClH/c1-2-3-4-5-6-7-8-9-11-18-13-15-19(16-14-18)21-24-22(26-25-21)20-12-10-17-23-20;/h13-16,20,23H,2-12,17H2,1H3;1H/t20-;/m0./s1. The summed E-state index contributed by atoms with van der Waals surface area (Å²) < 4.78 is 5.44. The van der Waals surface area contributed by atoms with Crippen molar-refractivity contribution in [2.24, 2.45) is 0 Å². The third-order valence-electron chi connectivity index (χ3n) is 5.33. The highest BCUT2D eigenvalue weighted by Gasteiger charge is 2.22. The topological polar surface area (TPSA) is 51.0 Å². The number of nitrogens with one attached hydrogen (secondary N) is 1. The Labute approximate surface area is 169 Å². The van der Waals surface area contributed by atoms with E-state index in [0.717, 1.165) is 24.4 Å². The average molecular weight is 392 g/mol. The molecular formula is C22H34ClN3O. The molecular weight excluding hydrogens is 358 g/mol. The van der Waals surface area contributed by atoms with Gasteiger partial charge in [-0.25, -0.2) is 0 Å². The highest BCUT2D eigenvalue weighted by Crippen LogP contribution is 2.24. The van der Waals surface area contributed by atoms with Crippen LogP contribution in [-0.4, -0.2) is 16.7 Å². The first-order chi connectivity index (χ1) is 12.9. The van der Waals surface area contributed by atoms with Gasteiger partial charge in [-0.1, -0.05) is 81.3 Å². The monoisotopic (exact) mass is 391 g/mol. The molecule has 1 aromatic carbocycles. The Morgan fingerprint density at radius 3 is 2.37 bits per heavy atom. The van der Waals surface area contributed by atoms with Gasteiger partial charge in [0.15, 0.2) is 0 Å². The number of hydrogen-bond acceptors (Lipinski definition) is 4. The van der Waals surface area contributed by atoms with E-state index in [1.165, 1.54) is 69.8 Å². The van der Waals surface area contributed by atoms with Gasteiger partial charge in [0.05, 0.1) is 6.04 Å². The fourth-order valence-corrected chi connectivity index (χ4v) is 3.67. The molecule has 3 rings (SSSR count). The Balaban J connectivity index is 0.00000261. The molecule has 5 heteroatoms. The van der Waals surface area contributed by atoms with E-state index in [-0.39, 0.29) is 18.4 Å². The maximum Gasteiger partial charge on any atom is 0.244 e. The van der Waals surface area contributed by atoms with Crippen molar-refractivity contribution < 1.29 is 4.52 Å². The maximum atomic E-state index is 5.44. The molecule has 1 fully saturated rings. The second-order valence-electron chi connectivity index (χ2n) is 7.53. The molecule has 1 atom stereocenters. The van der Waals surface area contributed by atoms with Crippen LogP contribution in [0.3, 0.4) is 0 Å². The molecule has 1 aromatic heterocycles. The molecule has 0 amide bonds. The minimum Gasteiger partial charge on any atom is -0.337 e. The van der Waals surface area contributed by atoms with E-state index >= 15 is 0 Å². The lowest BCUT2D eigenvalue weighted by atomic mass is 10.0. The highest BCUT2D eigenvalue weighted by atomic mass is 35.5. The van der Waals surface area contributed by atoms with Crippen LogP contribution in [-0.2, 0) is 6.42 Å². The van der Waals surface area contributed by atoms with Gasteiger partial charge in [0.2, 0.25) is 11.7 Å². The molecule has 1 N–H and O–H groups in total. The molecule has 27 heavy (non-hydrogen) atoms. The maximum absolute atomic E-state index is 5.44. The number of rotatable bonds is 11. The van der Waals surface area contributed by atoms with Crippen molar-refractivity contribution in [3.05, 3.63) is 35.7 Å². The van der Waals surface area contributed by atoms with Crippen LogP contribution in [0.25, 0.3) is 11.4 Å². The predicted octanol–water partition coefficient (Wildman–Crippen LogP) is 6.27. The molecule has 1 saturated heterocycles. The fourth-order valence-electron chi connectivity index (χ4n) is 3.67. The Hall–Kier alpha value is -1.39. The van der Waals surface area contributed by atoms with Gasteiger partial charge in [-0.05, 0) is 37.8 Å². The summed E-state index contributed by atoms with van der Waals surface area (Å²) in [7, 11) is 0. The molecule has 0 aliphatic carbocycles.